The molecule has 5 heteroatoms. The second-order valence-corrected chi connectivity index (χ2v) is 9.01. The smallest absolute Gasteiger partial charge is 0.329 e. The van der Waals surface area contributed by atoms with Crippen LogP contribution in [0.15, 0.2) is 29.3 Å². The first-order valence-corrected chi connectivity index (χ1v) is 10.3. The molecule has 0 spiro atoms. The number of ether oxygens (including phenoxy) is 1. The van der Waals surface area contributed by atoms with E-state index in [9.17, 15) is 9.59 Å². The summed E-state index contributed by atoms with van der Waals surface area (Å²) in [6.07, 6.45) is 3.04. The fourth-order valence-electron chi connectivity index (χ4n) is 3.79. The fourth-order valence-corrected chi connectivity index (χ4v) is 4.73. The highest BCUT2D eigenvalue weighted by molar-refractivity contribution is 8.16. The van der Waals surface area contributed by atoms with E-state index in [0.29, 0.717) is 22.8 Å². The lowest BCUT2D eigenvalue weighted by Crippen LogP contribution is -2.38. The van der Waals surface area contributed by atoms with Crippen LogP contribution in [0.4, 0.5) is 0 Å². The average molecular weight is 374 g/mol. The third-order valence-corrected chi connectivity index (χ3v) is 6.59. The van der Waals surface area contributed by atoms with Gasteiger partial charge in [-0.3, -0.25) is 9.59 Å². The van der Waals surface area contributed by atoms with Crippen molar-refractivity contribution in [3.63, 3.8) is 0 Å². The topological polar surface area (TPSA) is 55.7 Å². The molecule has 3 rings (SSSR count). The number of aryl methyl sites for hydroxylation is 1. The van der Waals surface area contributed by atoms with Crippen molar-refractivity contribution in [1.82, 2.24) is 0 Å². The Morgan fingerprint density at radius 1 is 1.23 bits per heavy atom. The van der Waals surface area contributed by atoms with Gasteiger partial charge in [-0.05, 0) is 37.5 Å². The molecule has 0 bridgehead atoms. The molecule has 1 aliphatic carbocycles. The van der Waals surface area contributed by atoms with E-state index in [-0.39, 0.29) is 6.10 Å². The molecule has 0 aromatic heterocycles. The average Bonchev–Trinajstić information content (AvgIpc) is 2.97. The number of rotatable bonds is 4. The van der Waals surface area contributed by atoms with Gasteiger partial charge in [0.2, 0.25) is 0 Å². The van der Waals surface area contributed by atoms with E-state index in [4.69, 9.17) is 4.74 Å². The Balaban J connectivity index is 1.67. The molecule has 1 fully saturated rings. The summed E-state index contributed by atoms with van der Waals surface area (Å²) in [5.41, 5.74) is 2.02. The van der Waals surface area contributed by atoms with E-state index in [2.05, 4.69) is 25.8 Å². The van der Waals surface area contributed by atoms with Crippen molar-refractivity contribution in [2.45, 2.75) is 58.3 Å². The van der Waals surface area contributed by atoms with Crippen molar-refractivity contribution < 1.29 is 14.3 Å². The Hall–Kier alpha value is -1.62. The van der Waals surface area contributed by atoms with Crippen molar-refractivity contribution >= 4 is 28.7 Å². The molecule has 2 aliphatic rings. The number of amides is 1. The maximum Gasteiger partial charge on any atom is 0.329 e. The van der Waals surface area contributed by atoms with Crippen molar-refractivity contribution in [2.24, 2.45) is 22.7 Å². The molecule has 1 unspecified atom stereocenters. The van der Waals surface area contributed by atoms with Gasteiger partial charge in [0, 0.05) is 5.56 Å². The number of aliphatic imine (C=N–C) groups is 1. The lowest BCUT2D eigenvalue weighted by molar-refractivity contribution is -0.156. The summed E-state index contributed by atoms with van der Waals surface area (Å²) in [6, 6.07) is 7.82. The SMILES string of the molecule is Cc1ccc(C2=NC(=O)C(C(=O)O[C@@H]3C[C@H](C)CC[C@H]3C(C)C)S2)cc1. The molecule has 140 valence electrons. The summed E-state index contributed by atoms with van der Waals surface area (Å²) >= 11 is 1.21. The number of carbonyl (C=O) groups excluding carboxylic acids is 2. The lowest BCUT2D eigenvalue weighted by Gasteiger charge is -2.36. The fraction of sp³-hybridized carbons (Fsp3) is 0.571. The van der Waals surface area contributed by atoms with Gasteiger partial charge in [0.15, 0.2) is 5.25 Å². The van der Waals surface area contributed by atoms with Gasteiger partial charge in [0.1, 0.15) is 11.1 Å². The summed E-state index contributed by atoms with van der Waals surface area (Å²) in [6.45, 7) is 8.56. The molecule has 1 amide bonds. The molecule has 1 aromatic rings. The third-order valence-electron chi connectivity index (χ3n) is 5.41. The predicted molar refractivity (Wildman–Crippen MR) is 105 cm³/mol. The standard InChI is InChI=1S/C21H27NO3S/c1-12(2)16-10-7-14(4)11-17(16)25-21(24)18-19(23)22-20(26-18)15-8-5-13(3)6-9-15/h5-6,8-9,12,14,16-18H,7,10-11H2,1-4H3/t14-,16+,17-,18?/m1/s1. The number of carbonyl (C=O) groups is 2. The number of nitrogens with zero attached hydrogens (tertiary/aromatic N) is 1. The van der Waals surface area contributed by atoms with Crippen LogP contribution in [0.25, 0.3) is 0 Å². The summed E-state index contributed by atoms with van der Waals surface area (Å²) < 4.78 is 5.84. The van der Waals surface area contributed by atoms with Crippen LogP contribution in [0.1, 0.15) is 51.2 Å². The number of thioether (sulfide) groups is 1. The zero-order valence-corrected chi connectivity index (χ0v) is 16.7. The zero-order valence-electron chi connectivity index (χ0n) is 15.9. The van der Waals surface area contributed by atoms with Crippen LogP contribution in [0, 0.1) is 24.7 Å². The molecule has 1 saturated carbocycles. The second-order valence-electron chi connectivity index (χ2n) is 7.92. The van der Waals surface area contributed by atoms with Crippen LogP contribution >= 0.6 is 11.8 Å². The van der Waals surface area contributed by atoms with Crippen molar-refractivity contribution in [2.75, 3.05) is 0 Å². The quantitative estimate of drug-likeness (QED) is 0.580. The van der Waals surface area contributed by atoms with E-state index >= 15 is 0 Å². The highest BCUT2D eigenvalue weighted by Crippen LogP contribution is 2.36. The van der Waals surface area contributed by atoms with Gasteiger partial charge in [0.25, 0.3) is 5.91 Å². The van der Waals surface area contributed by atoms with Gasteiger partial charge in [-0.25, -0.2) is 4.99 Å². The monoisotopic (exact) mass is 373 g/mol. The molecule has 1 aliphatic heterocycles. The molecule has 26 heavy (non-hydrogen) atoms. The molecule has 0 saturated heterocycles. The van der Waals surface area contributed by atoms with Crippen molar-refractivity contribution in [3.8, 4) is 0 Å². The summed E-state index contributed by atoms with van der Waals surface area (Å²) in [5.74, 6) is 0.547. The molecule has 4 atom stereocenters. The Morgan fingerprint density at radius 2 is 1.92 bits per heavy atom. The number of benzene rings is 1. The van der Waals surface area contributed by atoms with Crippen molar-refractivity contribution in [3.05, 3.63) is 35.4 Å². The molecule has 1 heterocycles. The maximum absolute atomic E-state index is 12.7. The largest absolute Gasteiger partial charge is 0.461 e. The Labute approximate surface area is 159 Å². The minimum atomic E-state index is -0.864. The van der Waals surface area contributed by atoms with E-state index in [1.54, 1.807) is 0 Å². The van der Waals surface area contributed by atoms with E-state index < -0.39 is 17.1 Å². The molecule has 0 N–H and O–H groups in total. The van der Waals surface area contributed by atoms with Crippen molar-refractivity contribution in [1.29, 1.82) is 0 Å². The number of hydrogen-bond acceptors (Lipinski definition) is 4. The van der Waals surface area contributed by atoms with Gasteiger partial charge < -0.3 is 4.74 Å². The third kappa shape index (κ3) is 4.20. The Kier molecular flexibility index (Phi) is 5.86. The number of hydrogen-bond donors (Lipinski definition) is 0. The normalized spacial score (nSPS) is 29.0. The maximum atomic E-state index is 12.7. The molecular weight excluding hydrogens is 346 g/mol. The van der Waals surface area contributed by atoms with E-state index in [1.165, 1.54) is 18.2 Å². The summed E-state index contributed by atoms with van der Waals surface area (Å²) in [7, 11) is 0. The van der Waals surface area contributed by atoms with E-state index in [0.717, 1.165) is 24.0 Å². The summed E-state index contributed by atoms with van der Waals surface area (Å²) in [5, 5.41) is -0.259. The minimum absolute atomic E-state index is 0.0944. The molecule has 0 radical (unpaired) electrons. The van der Waals surface area contributed by atoms with Crippen LogP contribution in [-0.4, -0.2) is 28.3 Å². The second kappa shape index (κ2) is 7.95. The van der Waals surface area contributed by atoms with Gasteiger partial charge >= 0.3 is 5.97 Å². The van der Waals surface area contributed by atoms with Gasteiger partial charge in [-0.15, -0.1) is 0 Å². The van der Waals surface area contributed by atoms with Crippen LogP contribution in [0.5, 0.6) is 0 Å². The molecule has 4 nitrogen and oxygen atoms in total. The van der Waals surface area contributed by atoms with Gasteiger partial charge in [-0.1, -0.05) is 68.8 Å². The Bertz CT molecular complexity index is 710. The first-order chi connectivity index (χ1) is 12.3. The molecule has 1 aromatic carbocycles. The summed E-state index contributed by atoms with van der Waals surface area (Å²) in [4.78, 5) is 29.1. The van der Waals surface area contributed by atoms with Crippen LogP contribution in [0.3, 0.4) is 0 Å². The van der Waals surface area contributed by atoms with Crippen LogP contribution in [0.2, 0.25) is 0 Å². The van der Waals surface area contributed by atoms with E-state index in [1.807, 2.05) is 31.2 Å². The lowest BCUT2D eigenvalue weighted by atomic mass is 9.75. The predicted octanol–water partition coefficient (Wildman–Crippen LogP) is 4.39. The van der Waals surface area contributed by atoms with Gasteiger partial charge in [0.05, 0.1) is 0 Å². The van der Waals surface area contributed by atoms with Crippen LogP contribution < -0.4 is 0 Å². The minimum Gasteiger partial charge on any atom is -0.461 e. The Morgan fingerprint density at radius 3 is 2.58 bits per heavy atom. The molecular formula is C21H27NO3S. The highest BCUT2D eigenvalue weighted by atomic mass is 32.2. The first-order valence-electron chi connectivity index (χ1n) is 9.42. The van der Waals surface area contributed by atoms with Crippen LogP contribution in [-0.2, 0) is 14.3 Å². The zero-order chi connectivity index (χ0) is 18.8. The highest BCUT2D eigenvalue weighted by Gasteiger charge is 2.40. The first kappa shape index (κ1) is 19.2. The number of esters is 1. The van der Waals surface area contributed by atoms with Gasteiger partial charge in [-0.2, -0.15) is 0 Å².